The number of carbonyl (C=O) groups is 1. The summed E-state index contributed by atoms with van der Waals surface area (Å²) in [5.41, 5.74) is 2.35. The summed E-state index contributed by atoms with van der Waals surface area (Å²) in [4.78, 5) is 21.6. The standard InChI is InChI=1S/C20H22N4O3S/c1-28(26,27)18-6-4-5-16(13-18)20(25)23-11-9-22(10-12-23)14-17-15-24-8-3-2-7-19(24)21-17/h2-8,13,15H,9-12,14H2,1H3. The van der Waals surface area contributed by atoms with Gasteiger partial charge >= 0.3 is 0 Å². The summed E-state index contributed by atoms with van der Waals surface area (Å²) >= 11 is 0. The van der Waals surface area contributed by atoms with Gasteiger partial charge in [-0.15, -0.1) is 0 Å². The Morgan fingerprint density at radius 2 is 1.86 bits per heavy atom. The van der Waals surface area contributed by atoms with Gasteiger partial charge in [-0.25, -0.2) is 13.4 Å². The van der Waals surface area contributed by atoms with Crippen LogP contribution >= 0.6 is 0 Å². The van der Waals surface area contributed by atoms with Crippen LogP contribution in [0.1, 0.15) is 16.1 Å². The molecule has 2 aromatic heterocycles. The van der Waals surface area contributed by atoms with Crippen LogP contribution in [0.15, 0.2) is 59.8 Å². The Morgan fingerprint density at radius 3 is 2.57 bits per heavy atom. The van der Waals surface area contributed by atoms with E-state index in [1.54, 1.807) is 17.0 Å². The van der Waals surface area contributed by atoms with E-state index in [9.17, 15) is 13.2 Å². The Morgan fingerprint density at radius 1 is 1.07 bits per heavy atom. The number of pyridine rings is 1. The van der Waals surface area contributed by atoms with Crippen LogP contribution in [0, 0.1) is 0 Å². The normalized spacial score (nSPS) is 15.8. The molecule has 0 bridgehead atoms. The highest BCUT2D eigenvalue weighted by Gasteiger charge is 2.23. The highest BCUT2D eigenvalue weighted by atomic mass is 32.2. The van der Waals surface area contributed by atoms with E-state index in [0.29, 0.717) is 18.7 Å². The van der Waals surface area contributed by atoms with E-state index in [1.807, 2.05) is 35.0 Å². The Bertz CT molecular complexity index is 1080. The predicted octanol–water partition coefficient (Wildman–Crippen LogP) is 1.70. The molecule has 0 spiro atoms. The first-order chi connectivity index (χ1) is 13.4. The summed E-state index contributed by atoms with van der Waals surface area (Å²) in [5.74, 6) is -0.127. The highest BCUT2D eigenvalue weighted by Crippen LogP contribution is 2.15. The second-order valence-electron chi connectivity index (χ2n) is 7.07. The molecule has 3 heterocycles. The van der Waals surface area contributed by atoms with Crippen molar-refractivity contribution in [2.75, 3.05) is 32.4 Å². The third-order valence-corrected chi connectivity index (χ3v) is 6.08. The van der Waals surface area contributed by atoms with Crippen LogP contribution < -0.4 is 0 Å². The van der Waals surface area contributed by atoms with Gasteiger partial charge in [-0.1, -0.05) is 12.1 Å². The SMILES string of the molecule is CS(=O)(=O)c1cccc(C(=O)N2CCN(Cc3cn4ccccc4n3)CC2)c1. The molecule has 0 radical (unpaired) electrons. The number of sulfone groups is 1. The predicted molar refractivity (Wildman–Crippen MR) is 106 cm³/mol. The summed E-state index contributed by atoms with van der Waals surface area (Å²) in [6.07, 6.45) is 5.16. The lowest BCUT2D eigenvalue weighted by atomic mass is 10.2. The third kappa shape index (κ3) is 3.93. The Kier molecular flexibility index (Phi) is 4.91. The smallest absolute Gasteiger partial charge is 0.253 e. The molecule has 1 aliphatic heterocycles. The van der Waals surface area contributed by atoms with Crippen molar-refractivity contribution in [1.29, 1.82) is 0 Å². The van der Waals surface area contributed by atoms with Gasteiger partial charge in [0.2, 0.25) is 0 Å². The number of hydrogen-bond donors (Lipinski definition) is 0. The molecule has 146 valence electrons. The van der Waals surface area contributed by atoms with Gasteiger partial charge in [-0.3, -0.25) is 9.69 Å². The van der Waals surface area contributed by atoms with Gasteiger partial charge in [0.05, 0.1) is 10.6 Å². The average molecular weight is 398 g/mol. The fourth-order valence-corrected chi connectivity index (χ4v) is 4.11. The largest absolute Gasteiger partial charge is 0.336 e. The molecule has 0 aliphatic carbocycles. The van der Waals surface area contributed by atoms with Gasteiger partial charge in [0, 0.05) is 56.9 Å². The van der Waals surface area contributed by atoms with Crippen LogP contribution in [-0.4, -0.2) is 65.9 Å². The molecule has 28 heavy (non-hydrogen) atoms. The number of hydrogen-bond acceptors (Lipinski definition) is 5. The van der Waals surface area contributed by atoms with E-state index in [1.165, 1.54) is 12.1 Å². The lowest BCUT2D eigenvalue weighted by Gasteiger charge is -2.34. The van der Waals surface area contributed by atoms with Crippen molar-refractivity contribution in [3.8, 4) is 0 Å². The van der Waals surface area contributed by atoms with Gasteiger partial charge in [-0.2, -0.15) is 0 Å². The number of nitrogens with zero attached hydrogens (tertiary/aromatic N) is 4. The monoisotopic (exact) mass is 398 g/mol. The summed E-state index contributed by atoms with van der Waals surface area (Å²) in [7, 11) is -3.33. The van der Waals surface area contributed by atoms with Gasteiger partial charge in [0.25, 0.3) is 5.91 Å². The van der Waals surface area contributed by atoms with Gasteiger partial charge in [-0.05, 0) is 30.3 Å². The van der Waals surface area contributed by atoms with Crippen molar-refractivity contribution in [2.24, 2.45) is 0 Å². The summed E-state index contributed by atoms with van der Waals surface area (Å²) in [5, 5.41) is 0. The van der Waals surface area contributed by atoms with Gasteiger partial charge < -0.3 is 9.30 Å². The number of carbonyl (C=O) groups excluding carboxylic acids is 1. The minimum absolute atomic E-state index is 0.127. The lowest BCUT2D eigenvalue weighted by Crippen LogP contribution is -2.48. The van der Waals surface area contributed by atoms with Crippen LogP contribution in [0.5, 0.6) is 0 Å². The molecular formula is C20H22N4O3S. The molecular weight excluding hydrogens is 376 g/mol. The molecule has 1 amide bonds. The Hall–Kier alpha value is -2.71. The fourth-order valence-electron chi connectivity index (χ4n) is 3.44. The summed E-state index contributed by atoms with van der Waals surface area (Å²) in [6, 6.07) is 12.2. The molecule has 1 fully saturated rings. The van der Waals surface area contributed by atoms with Crippen molar-refractivity contribution in [3.05, 3.63) is 66.1 Å². The first-order valence-electron chi connectivity index (χ1n) is 9.14. The quantitative estimate of drug-likeness (QED) is 0.669. The highest BCUT2D eigenvalue weighted by molar-refractivity contribution is 7.90. The molecule has 7 nitrogen and oxygen atoms in total. The molecule has 0 atom stereocenters. The number of imidazole rings is 1. The lowest BCUT2D eigenvalue weighted by molar-refractivity contribution is 0.0627. The molecule has 1 aliphatic rings. The maximum Gasteiger partial charge on any atom is 0.253 e. The zero-order valence-electron chi connectivity index (χ0n) is 15.7. The second kappa shape index (κ2) is 7.37. The van der Waals surface area contributed by atoms with Gasteiger partial charge in [0.15, 0.2) is 9.84 Å². The number of benzene rings is 1. The zero-order valence-corrected chi connectivity index (χ0v) is 16.5. The van der Waals surface area contributed by atoms with E-state index >= 15 is 0 Å². The first kappa shape index (κ1) is 18.6. The van der Waals surface area contributed by atoms with E-state index in [-0.39, 0.29) is 10.8 Å². The minimum atomic E-state index is -3.33. The summed E-state index contributed by atoms with van der Waals surface area (Å²) < 4.78 is 25.5. The maximum atomic E-state index is 12.8. The number of fused-ring (bicyclic) bond motifs is 1. The number of amides is 1. The Balaban J connectivity index is 1.39. The van der Waals surface area contributed by atoms with Crippen LogP contribution in [-0.2, 0) is 16.4 Å². The topological polar surface area (TPSA) is 75.0 Å². The summed E-state index contributed by atoms with van der Waals surface area (Å²) in [6.45, 7) is 3.47. The fraction of sp³-hybridized carbons (Fsp3) is 0.300. The molecule has 1 saturated heterocycles. The van der Waals surface area contributed by atoms with Gasteiger partial charge in [0.1, 0.15) is 5.65 Å². The van der Waals surface area contributed by atoms with Crippen LogP contribution in [0.25, 0.3) is 5.65 Å². The molecule has 0 saturated carbocycles. The number of rotatable bonds is 4. The van der Waals surface area contributed by atoms with Crippen LogP contribution in [0.3, 0.4) is 0 Å². The minimum Gasteiger partial charge on any atom is -0.336 e. The molecule has 0 unspecified atom stereocenters. The van der Waals surface area contributed by atoms with E-state index in [0.717, 1.165) is 37.2 Å². The van der Waals surface area contributed by atoms with E-state index < -0.39 is 9.84 Å². The Labute approximate surface area is 164 Å². The molecule has 1 aromatic carbocycles. The molecule has 0 N–H and O–H groups in total. The van der Waals surface area contributed by atoms with Crippen molar-refractivity contribution >= 4 is 21.4 Å². The number of piperazine rings is 1. The second-order valence-corrected chi connectivity index (χ2v) is 9.08. The molecule has 8 heteroatoms. The number of aromatic nitrogens is 2. The van der Waals surface area contributed by atoms with Crippen molar-refractivity contribution in [3.63, 3.8) is 0 Å². The molecule has 4 rings (SSSR count). The average Bonchev–Trinajstić information content (AvgIpc) is 3.10. The zero-order chi connectivity index (χ0) is 19.7. The van der Waals surface area contributed by atoms with Crippen molar-refractivity contribution < 1.29 is 13.2 Å². The van der Waals surface area contributed by atoms with Crippen LogP contribution in [0.4, 0.5) is 0 Å². The van der Waals surface area contributed by atoms with Crippen molar-refractivity contribution in [1.82, 2.24) is 19.2 Å². The first-order valence-corrected chi connectivity index (χ1v) is 11.0. The molecule has 3 aromatic rings. The van der Waals surface area contributed by atoms with Crippen LogP contribution in [0.2, 0.25) is 0 Å². The maximum absolute atomic E-state index is 12.8. The third-order valence-electron chi connectivity index (χ3n) is 4.97. The van der Waals surface area contributed by atoms with E-state index in [4.69, 9.17) is 0 Å². The van der Waals surface area contributed by atoms with E-state index in [2.05, 4.69) is 9.88 Å². The van der Waals surface area contributed by atoms with Crippen molar-refractivity contribution in [2.45, 2.75) is 11.4 Å².